The van der Waals surface area contributed by atoms with E-state index in [1.54, 1.807) is 0 Å². The second kappa shape index (κ2) is 10.0. The number of carbonyl (C=O) groups excluding carboxylic acids is 1. The fourth-order valence-electron chi connectivity index (χ4n) is 2.76. The maximum absolute atomic E-state index is 12.2. The third kappa shape index (κ3) is 5.91. The highest BCUT2D eigenvalue weighted by Gasteiger charge is 2.17. The van der Waals surface area contributed by atoms with Crippen LogP contribution in [0.3, 0.4) is 0 Å². The fourth-order valence-corrected chi connectivity index (χ4v) is 2.76. The van der Waals surface area contributed by atoms with Crippen LogP contribution in [0.4, 0.5) is 16.2 Å². The zero-order valence-electron chi connectivity index (χ0n) is 14.5. The number of urea groups is 1. The number of nitrogens with two attached hydrogens (primary N) is 1. The van der Waals surface area contributed by atoms with E-state index < -0.39 is 0 Å². The van der Waals surface area contributed by atoms with Crippen LogP contribution in [0.2, 0.25) is 0 Å². The zero-order chi connectivity index (χ0) is 17.5. The number of anilines is 2. The molecule has 0 aliphatic carbocycles. The van der Waals surface area contributed by atoms with Gasteiger partial charge in [0.05, 0.1) is 6.54 Å². The van der Waals surface area contributed by atoms with Gasteiger partial charge in [0, 0.05) is 24.5 Å². The lowest BCUT2D eigenvalue weighted by Crippen LogP contribution is -2.32. The standard InChI is InChI=1S/C19H23N5O.HI/c20-18(22-16-8-2-1-3-9-16)21-14-15-7-6-10-17(13-15)23-19(25)24-11-4-5-12-24;/h1-3,6-10,13H,4-5,11-12,14H2,(H,23,25)(H3,20,21,22);1H. The van der Waals surface area contributed by atoms with Crippen LogP contribution in [-0.2, 0) is 6.54 Å². The van der Waals surface area contributed by atoms with Gasteiger partial charge in [0.1, 0.15) is 0 Å². The van der Waals surface area contributed by atoms with Crippen molar-refractivity contribution in [1.82, 2.24) is 4.90 Å². The Bertz CT molecular complexity index is 745. The molecule has 138 valence electrons. The summed E-state index contributed by atoms with van der Waals surface area (Å²) < 4.78 is 0. The minimum Gasteiger partial charge on any atom is -0.370 e. The Morgan fingerprint density at radius 2 is 1.69 bits per heavy atom. The van der Waals surface area contributed by atoms with Crippen molar-refractivity contribution in [2.75, 3.05) is 23.7 Å². The molecule has 26 heavy (non-hydrogen) atoms. The summed E-state index contributed by atoms with van der Waals surface area (Å²) in [4.78, 5) is 18.3. The van der Waals surface area contributed by atoms with Gasteiger partial charge in [-0.05, 0) is 42.7 Å². The van der Waals surface area contributed by atoms with Crippen LogP contribution in [0.25, 0.3) is 0 Å². The van der Waals surface area contributed by atoms with E-state index in [4.69, 9.17) is 5.73 Å². The molecule has 1 heterocycles. The Labute approximate surface area is 170 Å². The van der Waals surface area contributed by atoms with Crippen molar-refractivity contribution in [2.45, 2.75) is 19.4 Å². The summed E-state index contributed by atoms with van der Waals surface area (Å²) in [5.74, 6) is 0.359. The first-order chi connectivity index (χ1) is 12.2. The molecular formula is C19H24IN5O. The largest absolute Gasteiger partial charge is 0.370 e. The quantitative estimate of drug-likeness (QED) is 0.365. The van der Waals surface area contributed by atoms with E-state index >= 15 is 0 Å². The molecule has 0 saturated carbocycles. The van der Waals surface area contributed by atoms with Gasteiger partial charge in [-0.2, -0.15) is 0 Å². The van der Waals surface area contributed by atoms with Gasteiger partial charge in [-0.25, -0.2) is 9.79 Å². The molecule has 1 saturated heterocycles. The van der Waals surface area contributed by atoms with Gasteiger partial charge in [-0.15, -0.1) is 24.0 Å². The molecule has 4 N–H and O–H groups in total. The van der Waals surface area contributed by atoms with E-state index in [1.165, 1.54) is 0 Å². The van der Waals surface area contributed by atoms with E-state index in [0.717, 1.165) is 42.9 Å². The second-order valence-corrected chi connectivity index (χ2v) is 6.02. The molecule has 0 unspecified atom stereocenters. The van der Waals surface area contributed by atoms with Crippen molar-refractivity contribution < 1.29 is 4.79 Å². The number of carbonyl (C=O) groups is 1. The summed E-state index contributed by atoms with van der Waals surface area (Å²) in [6.45, 7) is 2.11. The molecule has 2 amide bonds. The number of aliphatic imine (C=N–C) groups is 1. The summed E-state index contributed by atoms with van der Waals surface area (Å²) in [5.41, 5.74) is 8.58. The molecule has 7 heteroatoms. The minimum atomic E-state index is -0.0385. The van der Waals surface area contributed by atoms with Crippen LogP contribution in [0.1, 0.15) is 18.4 Å². The number of rotatable bonds is 4. The molecule has 6 nitrogen and oxygen atoms in total. The number of guanidine groups is 1. The molecule has 3 rings (SSSR count). The number of hydrogen-bond donors (Lipinski definition) is 3. The Morgan fingerprint density at radius 1 is 1.00 bits per heavy atom. The van der Waals surface area contributed by atoms with Gasteiger partial charge < -0.3 is 21.3 Å². The summed E-state index contributed by atoms with van der Waals surface area (Å²) in [5, 5.41) is 5.99. The zero-order valence-corrected chi connectivity index (χ0v) is 16.9. The Hall–Kier alpha value is -2.29. The Kier molecular flexibility index (Phi) is 7.71. The predicted octanol–water partition coefficient (Wildman–Crippen LogP) is 3.86. The number of nitrogens with one attached hydrogen (secondary N) is 2. The van der Waals surface area contributed by atoms with Gasteiger partial charge in [0.2, 0.25) is 0 Å². The van der Waals surface area contributed by atoms with Crippen LogP contribution >= 0.6 is 24.0 Å². The number of para-hydroxylation sites is 1. The lowest BCUT2D eigenvalue weighted by molar-refractivity contribution is 0.222. The van der Waals surface area contributed by atoms with Crippen LogP contribution < -0.4 is 16.4 Å². The molecule has 0 radical (unpaired) electrons. The number of hydrogen-bond acceptors (Lipinski definition) is 2. The molecule has 0 spiro atoms. The first kappa shape index (κ1) is 20.0. The molecule has 2 aromatic rings. The number of halogens is 1. The summed E-state index contributed by atoms with van der Waals surface area (Å²) in [6, 6.07) is 17.3. The molecule has 2 aromatic carbocycles. The van der Waals surface area contributed by atoms with E-state index in [2.05, 4.69) is 15.6 Å². The van der Waals surface area contributed by atoms with Gasteiger partial charge in [0.15, 0.2) is 5.96 Å². The molecule has 0 bridgehead atoms. The number of likely N-dealkylation sites (tertiary alicyclic amines) is 1. The van der Waals surface area contributed by atoms with Crippen molar-refractivity contribution in [3.63, 3.8) is 0 Å². The van der Waals surface area contributed by atoms with Crippen molar-refractivity contribution in [3.8, 4) is 0 Å². The summed E-state index contributed by atoms with van der Waals surface area (Å²) >= 11 is 0. The average molecular weight is 465 g/mol. The first-order valence-electron chi connectivity index (χ1n) is 8.47. The van der Waals surface area contributed by atoms with Gasteiger partial charge in [-0.1, -0.05) is 30.3 Å². The summed E-state index contributed by atoms with van der Waals surface area (Å²) in [6.07, 6.45) is 2.16. The smallest absolute Gasteiger partial charge is 0.321 e. The van der Waals surface area contributed by atoms with Crippen molar-refractivity contribution >= 4 is 47.3 Å². The van der Waals surface area contributed by atoms with Crippen LogP contribution in [0.5, 0.6) is 0 Å². The number of nitrogens with zero attached hydrogens (tertiary/aromatic N) is 2. The average Bonchev–Trinajstić information content (AvgIpc) is 3.16. The van der Waals surface area contributed by atoms with E-state index in [0.29, 0.717) is 12.5 Å². The van der Waals surface area contributed by atoms with E-state index in [9.17, 15) is 4.79 Å². The topological polar surface area (TPSA) is 82.7 Å². The predicted molar refractivity (Wildman–Crippen MR) is 117 cm³/mol. The van der Waals surface area contributed by atoms with Crippen LogP contribution in [0.15, 0.2) is 59.6 Å². The van der Waals surface area contributed by atoms with Crippen LogP contribution in [0, 0.1) is 0 Å². The molecule has 1 aliphatic heterocycles. The minimum absolute atomic E-state index is 0. The first-order valence-corrected chi connectivity index (χ1v) is 8.47. The highest BCUT2D eigenvalue weighted by Crippen LogP contribution is 2.15. The molecule has 0 aromatic heterocycles. The highest BCUT2D eigenvalue weighted by molar-refractivity contribution is 14.0. The SMILES string of the molecule is I.NC(=NCc1cccc(NC(=O)N2CCCC2)c1)Nc1ccccc1. The maximum atomic E-state index is 12.2. The number of benzene rings is 2. The molecule has 1 fully saturated rings. The number of amides is 2. The lowest BCUT2D eigenvalue weighted by Gasteiger charge is -2.16. The normalized spacial score (nSPS) is 13.8. The van der Waals surface area contributed by atoms with E-state index in [1.807, 2.05) is 59.5 Å². The highest BCUT2D eigenvalue weighted by atomic mass is 127. The Morgan fingerprint density at radius 3 is 2.42 bits per heavy atom. The van der Waals surface area contributed by atoms with Crippen molar-refractivity contribution in [1.29, 1.82) is 0 Å². The van der Waals surface area contributed by atoms with Crippen molar-refractivity contribution in [3.05, 3.63) is 60.2 Å². The monoisotopic (exact) mass is 465 g/mol. The van der Waals surface area contributed by atoms with Crippen LogP contribution in [-0.4, -0.2) is 30.0 Å². The fraction of sp³-hybridized carbons (Fsp3) is 0.263. The second-order valence-electron chi connectivity index (χ2n) is 6.02. The third-order valence-electron chi connectivity index (χ3n) is 4.05. The summed E-state index contributed by atoms with van der Waals surface area (Å²) in [7, 11) is 0. The maximum Gasteiger partial charge on any atom is 0.321 e. The third-order valence-corrected chi connectivity index (χ3v) is 4.05. The van der Waals surface area contributed by atoms with E-state index in [-0.39, 0.29) is 30.0 Å². The molecule has 1 aliphatic rings. The molecular weight excluding hydrogens is 441 g/mol. The van der Waals surface area contributed by atoms with Gasteiger partial charge >= 0.3 is 6.03 Å². The Balaban J connectivity index is 0.00000243. The lowest BCUT2D eigenvalue weighted by atomic mass is 10.2. The van der Waals surface area contributed by atoms with Crippen molar-refractivity contribution in [2.24, 2.45) is 10.7 Å². The van der Waals surface area contributed by atoms with Gasteiger partial charge in [0.25, 0.3) is 0 Å². The van der Waals surface area contributed by atoms with Gasteiger partial charge in [-0.3, -0.25) is 0 Å². The molecule has 0 atom stereocenters.